The van der Waals surface area contributed by atoms with E-state index in [1.807, 2.05) is 24.4 Å². The first kappa shape index (κ1) is 15.7. The molecule has 2 rings (SSSR count). The number of nitrogens with one attached hydrogen (secondary N) is 1. The summed E-state index contributed by atoms with van der Waals surface area (Å²) in [5, 5.41) is 3.42. The maximum atomic E-state index is 11.4. The topological polar surface area (TPSA) is 59.1 Å². The maximum absolute atomic E-state index is 11.4. The minimum Gasteiger partial charge on any atom is -0.306 e. The Morgan fingerprint density at radius 3 is 2.43 bits per heavy atom. The molecule has 0 radical (unpaired) electrons. The summed E-state index contributed by atoms with van der Waals surface area (Å²) < 4.78 is 22.9. The lowest BCUT2D eigenvalue weighted by atomic mass is 10.1. The van der Waals surface area contributed by atoms with Crippen molar-refractivity contribution in [3.05, 3.63) is 59.4 Å². The fourth-order valence-corrected chi connectivity index (χ4v) is 2.70. The number of hydrogen-bond donors (Lipinski definition) is 1. The van der Waals surface area contributed by atoms with Gasteiger partial charge < -0.3 is 5.32 Å². The molecule has 0 spiro atoms. The van der Waals surface area contributed by atoms with Gasteiger partial charge in [0.15, 0.2) is 9.84 Å². The Morgan fingerprint density at radius 2 is 1.86 bits per heavy atom. The van der Waals surface area contributed by atoms with Crippen LogP contribution in [0.1, 0.15) is 29.7 Å². The van der Waals surface area contributed by atoms with E-state index in [4.69, 9.17) is 0 Å². The van der Waals surface area contributed by atoms with Crippen LogP contribution in [0.15, 0.2) is 47.6 Å². The SMILES string of the molecule is Cc1ccncc1CNC(C)c1ccc(S(C)(=O)=O)cc1. The van der Waals surface area contributed by atoms with Crippen molar-refractivity contribution in [2.24, 2.45) is 0 Å². The molecule has 1 N–H and O–H groups in total. The largest absolute Gasteiger partial charge is 0.306 e. The van der Waals surface area contributed by atoms with E-state index < -0.39 is 9.84 Å². The standard InChI is InChI=1S/C16H20N2O2S/c1-12-8-9-17-10-15(12)11-18-13(2)14-4-6-16(7-5-14)21(3,19)20/h4-10,13,18H,11H2,1-3H3. The van der Waals surface area contributed by atoms with E-state index in [2.05, 4.69) is 24.1 Å². The number of sulfone groups is 1. The normalized spacial score (nSPS) is 13.1. The van der Waals surface area contributed by atoms with Gasteiger partial charge in [-0.15, -0.1) is 0 Å². The van der Waals surface area contributed by atoms with Crippen LogP contribution in [0.5, 0.6) is 0 Å². The van der Waals surface area contributed by atoms with E-state index in [1.54, 1.807) is 18.3 Å². The lowest BCUT2D eigenvalue weighted by Gasteiger charge is -2.15. The quantitative estimate of drug-likeness (QED) is 0.922. The van der Waals surface area contributed by atoms with Gasteiger partial charge in [-0.25, -0.2) is 8.42 Å². The molecule has 0 aliphatic rings. The van der Waals surface area contributed by atoms with Gasteiger partial charge in [0.05, 0.1) is 4.90 Å². The molecule has 0 bridgehead atoms. The summed E-state index contributed by atoms with van der Waals surface area (Å²) in [5.41, 5.74) is 3.43. The molecule has 1 aromatic carbocycles. The molecular formula is C16H20N2O2S. The molecule has 0 aliphatic carbocycles. The van der Waals surface area contributed by atoms with E-state index in [0.717, 1.165) is 17.7 Å². The van der Waals surface area contributed by atoms with E-state index in [0.29, 0.717) is 4.90 Å². The van der Waals surface area contributed by atoms with Crippen molar-refractivity contribution in [3.8, 4) is 0 Å². The number of aryl methyl sites for hydroxylation is 1. The van der Waals surface area contributed by atoms with E-state index >= 15 is 0 Å². The lowest BCUT2D eigenvalue weighted by Crippen LogP contribution is -2.18. The summed E-state index contributed by atoms with van der Waals surface area (Å²) in [4.78, 5) is 4.48. The van der Waals surface area contributed by atoms with Gasteiger partial charge in [-0.2, -0.15) is 0 Å². The lowest BCUT2D eigenvalue weighted by molar-refractivity contribution is 0.571. The van der Waals surface area contributed by atoms with Gasteiger partial charge >= 0.3 is 0 Å². The Labute approximate surface area is 126 Å². The molecular weight excluding hydrogens is 284 g/mol. The number of hydrogen-bond acceptors (Lipinski definition) is 4. The van der Waals surface area contributed by atoms with Crippen molar-refractivity contribution >= 4 is 9.84 Å². The van der Waals surface area contributed by atoms with Crippen molar-refractivity contribution in [2.45, 2.75) is 31.3 Å². The molecule has 1 unspecified atom stereocenters. The molecule has 0 saturated heterocycles. The van der Waals surface area contributed by atoms with Crippen LogP contribution in [0, 0.1) is 6.92 Å². The van der Waals surface area contributed by atoms with Crippen molar-refractivity contribution in [1.29, 1.82) is 0 Å². The van der Waals surface area contributed by atoms with Gasteiger partial charge in [0.2, 0.25) is 0 Å². The number of aromatic nitrogens is 1. The van der Waals surface area contributed by atoms with Crippen molar-refractivity contribution in [3.63, 3.8) is 0 Å². The molecule has 21 heavy (non-hydrogen) atoms. The first-order valence-electron chi connectivity index (χ1n) is 6.81. The number of nitrogens with zero attached hydrogens (tertiary/aromatic N) is 1. The Balaban J connectivity index is 2.04. The van der Waals surface area contributed by atoms with Crippen LogP contribution in [0.25, 0.3) is 0 Å². The molecule has 0 saturated carbocycles. The predicted octanol–water partition coefficient (Wildman–Crippen LogP) is 2.64. The summed E-state index contributed by atoms with van der Waals surface area (Å²) in [5.74, 6) is 0. The van der Waals surface area contributed by atoms with E-state index in [9.17, 15) is 8.42 Å². The highest BCUT2D eigenvalue weighted by Crippen LogP contribution is 2.17. The zero-order valence-corrected chi connectivity index (χ0v) is 13.3. The maximum Gasteiger partial charge on any atom is 0.175 e. The molecule has 1 heterocycles. The zero-order valence-electron chi connectivity index (χ0n) is 12.5. The van der Waals surface area contributed by atoms with Crippen LogP contribution in [0.3, 0.4) is 0 Å². The third-order valence-corrected chi connectivity index (χ3v) is 4.68. The summed E-state index contributed by atoms with van der Waals surface area (Å²) in [6, 6.07) is 9.13. The second kappa shape index (κ2) is 6.37. The Kier molecular flexibility index (Phi) is 4.75. The minimum absolute atomic E-state index is 0.137. The third-order valence-electron chi connectivity index (χ3n) is 3.55. The number of pyridine rings is 1. The smallest absolute Gasteiger partial charge is 0.175 e. The predicted molar refractivity (Wildman–Crippen MR) is 83.8 cm³/mol. The van der Waals surface area contributed by atoms with Crippen LogP contribution < -0.4 is 5.32 Å². The molecule has 0 fully saturated rings. The van der Waals surface area contributed by atoms with Crippen molar-refractivity contribution in [1.82, 2.24) is 10.3 Å². The van der Waals surface area contributed by atoms with E-state index in [-0.39, 0.29) is 6.04 Å². The Morgan fingerprint density at radius 1 is 1.19 bits per heavy atom. The van der Waals surface area contributed by atoms with Crippen LogP contribution in [-0.4, -0.2) is 19.7 Å². The number of rotatable bonds is 5. The fraction of sp³-hybridized carbons (Fsp3) is 0.312. The molecule has 5 heteroatoms. The van der Waals surface area contributed by atoms with Gasteiger partial charge in [0.1, 0.15) is 0 Å². The van der Waals surface area contributed by atoms with Crippen LogP contribution in [0.2, 0.25) is 0 Å². The highest BCUT2D eigenvalue weighted by molar-refractivity contribution is 7.90. The first-order chi connectivity index (χ1) is 9.88. The molecule has 112 valence electrons. The van der Waals surface area contributed by atoms with Crippen LogP contribution in [-0.2, 0) is 16.4 Å². The summed E-state index contributed by atoms with van der Waals surface area (Å²) in [7, 11) is -3.13. The minimum atomic E-state index is -3.13. The number of benzene rings is 1. The van der Waals surface area contributed by atoms with Gasteiger partial charge in [0, 0.05) is 31.2 Å². The average Bonchev–Trinajstić information content (AvgIpc) is 2.45. The summed E-state index contributed by atoms with van der Waals surface area (Å²) >= 11 is 0. The first-order valence-corrected chi connectivity index (χ1v) is 8.70. The monoisotopic (exact) mass is 304 g/mol. The molecule has 0 aliphatic heterocycles. The summed E-state index contributed by atoms with van der Waals surface area (Å²) in [6.45, 7) is 4.85. The van der Waals surface area contributed by atoms with Gasteiger partial charge in [-0.1, -0.05) is 12.1 Å². The third kappa shape index (κ3) is 4.12. The van der Waals surface area contributed by atoms with E-state index in [1.165, 1.54) is 11.8 Å². The second-order valence-electron chi connectivity index (χ2n) is 5.25. The highest BCUT2D eigenvalue weighted by Gasteiger charge is 2.09. The van der Waals surface area contributed by atoms with Gasteiger partial charge in [0.25, 0.3) is 0 Å². The molecule has 4 nitrogen and oxygen atoms in total. The van der Waals surface area contributed by atoms with Crippen LogP contribution in [0.4, 0.5) is 0 Å². The highest BCUT2D eigenvalue weighted by atomic mass is 32.2. The molecule has 1 atom stereocenters. The van der Waals surface area contributed by atoms with Crippen molar-refractivity contribution in [2.75, 3.05) is 6.26 Å². The van der Waals surface area contributed by atoms with Crippen molar-refractivity contribution < 1.29 is 8.42 Å². The molecule has 1 aromatic heterocycles. The Hall–Kier alpha value is -1.72. The van der Waals surface area contributed by atoms with Crippen LogP contribution >= 0.6 is 0 Å². The molecule has 2 aromatic rings. The molecule has 0 amide bonds. The van der Waals surface area contributed by atoms with Gasteiger partial charge in [-0.3, -0.25) is 4.98 Å². The zero-order chi connectivity index (χ0) is 15.5. The second-order valence-corrected chi connectivity index (χ2v) is 7.26. The van der Waals surface area contributed by atoms with Gasteiger partial charge in [-0.05, 0) is 48.7 Å². The summed E-state index contributed by atoms with van der Waals surface area (Å²) in [6.07, 6.45) is 4.86. The Bertz CT molecular complexity index is 709. The fourth-order valence-electron chi connectivity index (χ4n) is 2.07. The average molecular weight is 304 g/mol.